The fourth-order valence-corrected chi connectivity index (χ4v) is 0.567. The molecule has 0 saturated carbocycles. The van der Waals surface area contributed by atoms with Crippen LogP contribution in [-0.4, -0.2) is 12.0 Å². The van der Waals surface area contributed by atoms with Crippen molar-refractivity contribution in [3.05, 3.63) is 11.6 Å². The zero-order chi connectivity index (χ0) is 9.56. The third kappa shape index (κ3) is 4.32. The first-order valence-corrected chi connectivity index (χ1v) is 3.51. The van der Waals surface area contributed by atoms with Gasteiger partial charge < -0.3 is 10.6 Å². The molecule has 0 saturated heterocycles. The summed E-state index contributed by atoms with van der Waals surface area (Å²) in [4.78, 5) is 25.3. The molecule has 68 valence electrons. The van der Waals surface area contributed by atoms with Crippen LogP contribution in [0.4, 0.5) is 4.79 Å². The van der Waals surface area contributed by atoms with E-state index in [1.54, 1.807) is 18.5 Å². The van der Waals surface area contributed by atoms with Crippen molar-refractivity contribution in [3.8, 4) is 0 Å². The molecule has 0 aliphatic carbocycles. The number of primary amides is 1. The highest BCUT2D eigenvalue weighted by Gasteiger charge is 2.05. The molecule has 5 nitrogen and oxygen atoms in total. The van der Waals surface area contributed by atoms with E-state index in [0.29, 0.717) is 5.57 Å². The Morgan fingerprint density at radius 2 is 2.17 bits per heavy atom. The van der Waals surface area contributed by atoms with Crippen molar-refractivity contribution < 1.29 is 14.4 Å². The molecule has 0 fully saturated rings. The van der Waals surface area contributed by atoms with Crippen molar-refractivity contribution in [2.24, 2.45) is 5.73 Å². The second-order valence-electron chi connectivity index (χ2n) is 2.15. The van der Waals surface area contributed by atoms with Crippen LogP contribution in [0.15, 0.2) is 11.6 Å². The van der Waals surface area contributed by atoms with Gasteiger partial charge >= 0.3 is 12.0 Å². The van der Waals surface area contributed by atoms with Crippen molar-refractivity contribution in [2.45, 2.75) is 20.3 Å². The van der Waals surface area contributed by atoms with Gasteiger partial charge in [0.2, 0.25) is 0 Å². The van der Waals surface area contributed by atoms with Crippen LogP contribution in [0, 0.1) is 0 Å². The van der Waals surface area contributed by atoms with Crippen LogP contribution in [0.1, 0.15) is 20.3 Å². The average Bonchev–Trinajstić information content (AvgIpc) is 2.00. The molecule has 0 aromatic carbocycles. The summed E-state index contributed by atoms with van der Waals surface area (Å²) in [6.07, 6.45) is 2.42. The molecule has 0 rings (SSSR count). The number of amides is 2. The average molecular weight is 172 g/mol. The zero-order valence-corrected chi connectivity index (χ0v) is 7.09. The SMILES string of the molecule is CC/C=C(\C)C(=O)ONC(N)=O. The first-order valence-electron chi connectivity index (χ1n) is 3.51. The lowest BCUT2D eigenvalue weighted by Gasteiger charge is -2.01. The van der Waals surface area contributed by atoms with E-state index in [4.69, 9.17) is 0 Å². The maximum absolute atomic E-state index is 10.9. The van der Waals surface area contributed by atoms with Crippen LogP contribution in [-0.2, 0) is 9.63 Å². The van der Waals surface area contributed by atoms with Gasteiger partial charge in [0.15, 0.2) is 0 Å². The van der Waals surface area contributed by atoms with E-state index >= 15 is 0 Å². The molecule has 0 aromatic heterocycles. The summed E-state index contributed by atoms with van der Waals surface area (Å²) in [5.74, 6) is -0.601. The summed E-state index contributed by atoms with van der Waals surface area (Å²) in [5, 5.41) is 0. The number of hydrogen-bond acceptors (Lipinski definition) is 3. The maximum Gasteiger partial charge on any atom is 0.358 e. The lowest BCUT2D eigenvalue weighted by molar-refractivity contribution is -0.143. The topological polar surface area (TPSA) is 81.4 Å². The number of nitrogens with one attached hydrogen (secondary N) is 1. The summed E-state index contributed by atoms with van der Waals surface area (Å²) in [6, 6.07) is -0.896. The van der Waals surface area contributed by atoms with E-state index in [0.717, 1.165) is 6.42 Å². The Balaban J connectivity index is 3.88. The van der Waals surface area contributed by atoms with E-state index < -0.39 is 12.0 Å². The molecule has 0 unspecified atom stereocenters. The Labute approximate surface area is 70.5 Å². The monoisotopic (exact) mass is 172 g/mol. The van der Waals surface area contributed by atoms with Crippen molar-refractivity contribution in [2.75, 3.05) is 0 Å². The molecule has 0 radical (unpaired) electrons. The second kappa shape index (κ2) is 5.17. The molecule has 0 aromatic rings. The Morgan fingerprint density at radius 1 is 1.58 bits per heavy atom. The molecular weight excluding hydrogens is 160 g/mol. The molecular formula is C7H12N2O3. The molecule has 0 atom stereocenters. The first kappa shape index (κ1) is 10.5. The summed E-state index contributed by atoms with van der Waals surface area (Å²) in [6.45, 7) is 3.48. The van der Waals surface area contributed by atoms with Crippen molar-refractivity contribution in [3.63, 3.8) is 0 Å². The molecule has 0 heterocycles. The quantitative estimate of drug-likeness (QED) is 0.469. The summed E-state index contributed by atoms with van der Waals surface area (Å²) >= 11 is 0. The first-order chi connectivity index (χ1) is 5.57. The van der Waals surface area contributed by atoms with E-state index in [-0.39, 0.29) is 0 Å². The van der Waals surface area contributed by atoms with Gasteiger partial charge in [0.1, 0.15) is 0 Å². The molecule has 0 spiro atoms. The number of nitrogens with two attached hydrogens (primary N) is 1. The highest BCUT2D eigenvalue weighted by atomic mass is 16.7. The van der Waals surface area contributed by atoms with E-state index in [1.165, 1.54) is 0 Å². The second-order valence-corrected chi connectivity index (χ2v) is 2.15. The Bertz CT molecular complexity index is 211. The fourth-order valence-electron chi connectivity index (χ4n) is 0.567. The van der Waals surface area contributed by atoms with Crippen LogP contribution in [0.2, 0.25) is 0 Å². The van der Waals surface area contributed by atoms with E-state index in [2.05, 4.69) is 10.6 Å². The maximum atomic E-state index is 10.9. The van der Waals surface area contributed by atoms with Crippen molar-refractivity contribution in [1.29, 1.82) is 0 Å². The largest absolute Gasteiger partial charge is 0.358 e. The minimum Gasteiger partial charge on any atom is -0.349 e. The smallest absolute Gasteiger partial charge is 0.349 e. The Kier molecular flexibility index (Phi) is 4.52. The minimum atomic E-state index is -0.896. The molecule has 0 aliphatic heterocycles. The summed E-state index contributed by atoms with van der Waals surface area (Å²) < 4.78 is 0. The van der Waals surface area contributed by atoms with Crippen molar-refractivity contribution in [1.82, 2.24) is 5.48 Å². The molecule has 2 amide bonds. The predicted octanol–water partition coefficient (Wildman–Crippen LogP) is 0.469. The van der Waals surface area contributed by atoms with Crippen LogP contribution < -0.4 is 11.2 Å². The van der Waals surface area contributed by atoms with Gasteiger partial charge in [0, 0.05) is 5.57 Å². The van der Waals surface area contributed by atoms with Gasteiger partial charge in [0.05, 0.1) is 0 Å². The highest BCUT2D eigenvalue weighted by Crippen LogP contribution is 1.96. The van der Waals surface area contributed by atoms with Gasteiger partial charge in [-0.05, 0) is 13.3 Å². The summed E-state index contributed by atoms with van der Waals surface area (Å²) in [5.41, 5.74) is 6.84. The lowest BCUT2D eigenvalue weighted by atomic mass is 10.2. The highest BCUT2D eigenvalue weighted by molar-refractivity contribution is 5.88. The number of allylic oxidation sites excluding steroid dienone is 1. The number of hydroxylamine groups is 1. The van der Waals surface area contributed by atoms with Crippen LogP contribution in [0.5, 0.6) is 0 Å². The molecule has 3 N–H and O–H groups in total. The Hall–Kier alpha value is -1.52. The Morgan fingerprint density at radius 3 is 2.58 bits per heavy atom. The third-order valence-corrected chi connectivity index (χ3v) is 1.08. The molecule has 5 heteroatoms. The minimum absolute atomic E-state index is 0.436. The molecule has 12 heavy (non-hydrogen) atoms. The lowest BCUT2D eigenvalue weighted by Crippen LogP contribution is -2.32. The standard InChI is InChI=1S/C7H12N2O3/c1-3-4-5(2)6(10)12-9-7(8)11/h4H,3H2,1-2H3,(H3,8,9,11)/b5-4+. The van der Waals surface area contributed by atoms with Crippen LogP contribution in [0.3, 0.4) is 0 Å². The normalized spacial score (nSPS) is 10.7. The van der Waals surface area contributed by atoms with Gasteiger partial charge in [-0.3, -0.25) is 0 Å². The predicted molar refractivity (Wildman–Crippen MR) is 42.9 cm³/mol. The van der Waals surface area contributed by atoms with E-state index in [9.17, 15) is 9.59 Å². The fraction of sp³-hybridized carbons (Fsp3) is 0.429. The third-order valence-electron chi connectivity index (χ3n) is 1.08. The number of hydrogen-bond donors (Lipinski definition) is 2. The van der Waals surface area contributed by atoms with Gasteiger partial charge in [-0.15, -0.1) is 0 Å². The van der Waals surface area contributed by atoms with Gasteiger partial charge in [-0.1, -0.05) is 13.0 Å². The summed E-state index contributed by atoms with van der Waals surface area (Å²) in [7, 11) is 0. The number of carbonyl (C=O) groups excluding carboxylic acids is 2. The van der Waals surface area contributed by atoms with E-state index in [1.807, 2.05) is 6.92 Å². The molecule has 0 bridgehead atoms. The van der Waals surface area contributed by atoms with Crippen LogP contribution in [0.25, 0.3) is 0 Å². The van der Waals surface area contributed by atoms with Gasteiger partial charge in [-0.25, -0.2) is 9.59 Å². The van der Waals surface area contributed by atoms with Gasteiger partial charge in [0.25, 0.3) is 0 Å². The zero-order valence-electron chi connectivity index (χ0n) is 7.09. The van der Waals surface area contributed by atoms with Gasteiger partial charge in [-0.2, -0.15) is 5.48 Å². The number of urea groups is 1. The molecule has 0 aliphatic rings. The van der Waals surface area contributed by atoms with Crippen molar-refractivity contribution >= 4 is 12.0 Å². The number of carbonyl (C=O) groups is 2. The van der Waals surface area contributed by atoms with Crippen LogP contribution >= 0.6 is 0 Å². The number of rotatable bonds is 2.